The molecule has 0 aliphatic carbocycles. The van der Waals surface area contributed by atoms with Crippen LogP contribution in [0.15, 0.2) is 0 Å². The average molecular weight is 127 g/mol. The molecule has 0 nitrogen and oxygen atoms in total. The molecule has 0 aromatic heterocycles. The highest BCUT2D eigenvalue weighted by Crippen LogP contribution is 2.26. The van der Waals surface area contributed by atoms with Gasteiger partial charge in [-0.05, 0) is 18.3 Å². The van der Waals surface area contributed by atoms with Crippen LogP contribution in [0.3, 0.4) is 0 Å². The highest BCUT2D eigenvalue weighted by Gasteiger charge is 2.14. The zero-order valence-electron chi connectivity index (χ0n) is 7.20. The Morgan fingerprint density at radius 3 is 2.11 bits per heavy atom. The van der Waals surface area contributed by atoms with Crippen molar-refractivity contribution in [3.05, 3.63) is 6.42 Å². The number of hydrogen-bond acceptors (Lipinski definition) is 0. The first kappa shape index (κ1) is 9.00. The molecular weight excluding hydrogens is 108 g/mol. The second-order valence-electron chi connectivity index (χ2n) is 3.35. The Bertz CT molecular complexity index is 54.4. The van der Waals surface area contributed by atoms with Crippen LogP contribution in [0.2, 0.25) is 0 Å². The SMILES string of the molecule is CC[CH]C(C)(C)CCC. The molecule has 0 amide bonds. The predicted molar refractivity (Wildman–Crippen MR) is 43.3 cm³/mol. The maximum atomic E-state index is 2.40. The molecule has 1 radical (unpaired) electrons. The minimum atomic E-state index is 0.476. The third-order valence-corrected chi connectivity index (χ3v) is 1.65. The summed E-state index contributed by atoms with van der Waals surface area (Å²) in [6.07, 6.45) is 6.22. The van der Waals surface area contributed by atoms with E-state index in [4.69, 9.17) is 0 Å². The van der Waals surface area contributed by atoms with Crippen molar-refractivity contribution in [3.63, 3.8) is 0 Å². The van der Waals surface area contributed by atoms with Gasteiger partial charge in [-0.25, -0.2) is 0 Å². The van der Waals surface area contributed by atoms with Gasteiger partial charge in [0.25, 0.3) is 0 Å². The lowest BCUT2D eigenvalue weighted by molar-refractivity contribution is 0.385. The van der Waals surface area contributed by atoms with E-state index in [9.17, 15) is 0 Å². The molecule has 0 atom stereocenters. The summed E-state index contributed by atoms with van der Waals surface area (Å²) in [7, 11) is 0. The Morgan fingerprint density at radius 2 is 1.78 bits per heavy atom. The second kappa shape index (κ2) is 3.92. The first-order chi connectivity index (χ1) is 4.12. The lowest BCUT2D eigenvalue weighted by atomic mass is 9.84. The molecule has 0 aliphatic rings. The topological polar surface area (TPSA) is 0 Å². The normalized spacial score (nSPS) is 12.0. The van der Waals surface area contributed by atoms with E-state index in [-0.39, 0.29) is 0 Å². The van der Waals surface area contributed by atoms with Crippen LogP contribution in [0.25, 0.3) is 0 Å². The highest BCUT2D eigenvalue weighted by molar-refractivity contribution is 4.82. The fraction of sp³-hybridized carbons (Fsp3) is 0.889. The fourth-order valence-corrected chi connectivity index (χ4v) is 1.30. The minimum absolute atomic E-state index is 0.476. The molecule has 0 saturated carbocycles. The third-order valence-electron chi connectivity index (χ3n) is 1.65. The van der Waals surface area contributed by atoms with Crippen molar-refractivity contribution in [2.24, 2.45) is 5.41 Å². The van der Waals surface area contributed by atoms with Gasteiger partial charge in [0, 0.05) is 0 Å². The van der Waals surface area contributed by atoms with E-state index in [0.717, 1.165) is 0 Å². The van der Waals surface area contributed by atoms with E-state index >= 15 is 0 Å². The molecule has 0 heteroatoms. The molecule has 0 fully saturated rings. The molecule has 0 spiro atoms. The van der Waals surface area contributed by atoms with Gasteiger partial charge in [-0.3, -0.25) is 0 Å². The molecule has 0 N–H and O–H groups in total. The standard InChI is InChI=1S/C9H19/c1-5-7-9(3,4)8-6-2/h7H,5-6,8H2,1-4H3. The van der Waals surface area contributed by atoms with Gasteiger partial charge < -0.3 is 0 Å². The van der Waals surface area contributed by atoms with E-state index in [0.29, 0.717) is 5.41 Å². The Balaban J connectivity index is 3.43. The maximum Gasteiger partial charge on any atom is -0.0323 e. The van der Waals surface area contributed by atoms with Crippen LogP contribution in [0.1, 0.15) is 47.0 Å². The molecule has 0 aliphatic heterocycles. The van der Waals surface area contributed by atoms with Gasteiger partial charge in [0.2, 0.25) is 0 Å². The first-order valence-corrected chi connectivity index (χ1v) is 3.96. The summed E-state index contributed by atoms with van der Waals surface area (Å²) in [6.45, 7) is 9.06. The molecular formula is C9H19. The van der Waals surface area contributed by atoms with E-state index < -0.39 is 0 Å². The largest absolute Gasteiger partial charge is 0.0654 e. The van der Waals surface area contributed by atoms with Gasteiger partial charge in [-0.15, -0.1) is 0 Å². The van der Waals surface area contributed by atoms with E-state index in [1.165, 1.54) is 19.3 Å². The van der Waals surface area contributed by atoms with Gasteiger partial charge in [0.05, 0.1) is 0 Å². The van der Waals surface area contributed by atoms with Crippen molar-refractivity contribution in [1.82, 2.24) is 0 Å². The number of hydrogen-bond donors (Lipinski definition) is 0. The van der Waals surface area contributed by atoms with Crippen molar-refractivity contribution in [2.75, 3.05) is 0 Å². The summed E-state index contributed by atoms with van der Waals surface area (Å²) in [5.41, 5.74) is 0.476. The molecule has 0 saturated heterocycles. The van der Waals surface area contributed by atoms with E-state index in [1.807, 2.05) is 0 Å². The molecule has 0 aromatic carbocycles. The monoisotopic (exact) mass is 127 g/mol. The summed E-state index contributed by atoms with van der Waals surface area (Å²) in [4.78, 5) is 0. The van der Waals surface area contributed by atoms with Crippen LogP contribution >= 0.6 is 0 Å². The molecule has 0 heterocycles. The third kappa shape index (κ3) is 4.50. The summed E-state index contributed by atoms with van der Waals surface area (Å²) < 4.78 is 0. The molecule has 9 heavy (non-hydrogen) atoms. The van der Waals surface area contributed by atoms with Crippen molar-refractivity contribution >= 4 is 0 Å². The summed E-state index contributed by atoms with van der Waals surface area (Å²) in [5.74, 6) is 0. The quantitative estimate of drug-likeness (QED) is 0.542. The van der Waals surface area contributed by atoms with Crippen molar-refractivity contribution in [3.8, 4) is 0 Å². The zero-order valence-corrected chi connectivity index (χ0v) is 7.20. The van der Waals surface area contributed by atoms with E-state index in [2.05, 4.69) is 34.1 Å². The molecule has 0 unspecified atom stereocenters. The van der Waals surface area contributed by atoms with Crippen molar-refractivity contribution in [2.45, 2.75) is 47.0 Å². The van der Waals surface area contributed by atoms with Crippen LogP contribution in [-0.2, 0) is 0 Å². The van der Waals surface area contributed by atoms with Gasteiger partial charge in [0.15, 0.2) is 0 Å². The molecule has 0 rings (SSSR count). The van der Waals surface area contributed by atoms with E-state index in [1.54, 1.807) is 0 Å². The minimum Gasteiger partial charge on any atom is -0.0654 e. The average Bonchev–Trinajstić information content (AvgIpc) is 1.64. The van der Waals surface area contributed by atoms with Crippen molar-refractivity contribution < 1.29 is 0 Å². The van der Waals surface area contributed by atoms with Crippen LogP contribution in [0.4, 0.5) is 0 Å². The fourth-order valence-electron chi connectivity index (χ4n) is 1.30. The molecule has 55 valence electrons. The Morgan fingerprint density at radius 1 is 1.22 bits per heavy atom. The first-order valence-electron chi connectivity index (χ1n) is 3.96. The Labute approximate surface area is 59.7 Å². The number of rotatable bonds is 4. The van der Waals surface area contributed by atoms with Crippen LogP contribution in [0.5, 0.6) is 0 Å². The zero-order chi connectivity index (χ0) is 7.33. The molecule has 0 bridgehead atoms. The van der Waals surface area contributed by atoms with Gasteiger partial charge in [0.1, 0.15) is 0 Å². The van der Waals surface area contributed by atoms with Crippen LogP contribution in [0, 0.1) is 11.8 Å². The van der Waals surface area contributed by atoms with Gasteiger partial charge in [-0.2, -0.15) is 0 Å². The lowest BCUT2D eigenvalue weighted by Gasteiger charge is -2.22. The summed E-state index contributed by atoms with van der Waals surface area (Å²) in [6, 6.07) is 0. The molecule has 0 aromatic rings. The van der Waals surface area contributed by atoms with Crippen molar-refractivity contribution in [1.29, 1.82) is 0 Å². The summed E-state index contributed by atoms with van der Waals surface area (Å²) >= 11 is 0. The van der Waals surface area contributed by atoms with Crippen LogP contribution < -0.4 is 0 Å². The lowest BCUT2D eigenvalue weighted by Crippen LogP contribution is -2.10. The smallest absolute Gasteiger partial charge is 0.0323 e. The summed E-state index contributed by atoms with van der Waals surface area (Å²) in [5, 5.41) is 0. The Kier molecular flexibility index (Phi) is 3.92. The predicted octanol–water partition coefficient (Wildman–Crippen LogP) is 3.43. The van der Waals surface area contributed by atoms with Gasteiger partial charge in [-0.1, -0.05) is 40.5 Å². The highest BCUT2D eigenvalue weighted by atomic mass is 14.2. The maximum absolute atomic E-state index is 2.40. The second-order valence-corrected chi connectivity index (χ2v) is 3.35. The Hall–Kier alpha value is 0. The van der Waals surface area contributed by atoms with Gasteiger partial charge >= 0.3 is 0 Å². The van der Waals surface area contributed by atoms with Crippen LogP contribution in [-0.4, -0.2) is 0 Å².